The summed E-state index contributed by atoms with van der Waals surface area (Å²) in [5.41, 5.74) is -0.599. The molecular weight excluding hydrogens is 327 g/mol. The Balaban J connectivity index is 3.57. The van der Waals surface area contributed by atoms with Crippen molar-refractivity contribution in [3.63, 3.8) is 0 Å². The number of nitrogens with two attached hydrogens (primary N) is 1. The number of nitro groups is 1. The van der Waals surface area contributed by atoms with Crippen LogP contribution < -0.4 is 5.14 Å². The molecule has 1 aromatic carbocycles. The van der Waals surface area contributed by atoms with Gasteiger partial charge in [-0.2, -0.15) is 0 Å². The van der Waals surface area contributed by atoms with Crippen molar-refractivity contribution < 1.29 is 13.3 Å². The molecule has 0 saturated carbocycles. The van der Waals surface area contributed by atoms with Gasteiger partial charge in [0.2, 0.25) is 10.0 Å². The molecule has 1 aromatic rings. The van der Waals surface area contributed by atoms with E-state index in [1.54, 1.807) is 0 Å². The lowest BCUT2D eigenvalue weighted by atomic mass is 10.2. The highest BCUT2D eigenvalue weighted by Crippen LogP contribution is 2.32. The number of rotatable bonds is 3. The van der Waals surface area contributed by atoms with Crippen LogP contribution in [0.15, 0.2) is 27.6 Å². The Morgan fingerprint density at radius 3 is 2.22 bits per heavy atom. The first-order valence-electron chi connectivity index (χ1n) is 4.17. The van der Waals surface area contributed by atoms with Crippen molar-refractivity contribution >= 4 is 55.5 Å². The van der Waals surface area contributed by atoms with Gasteiger partial charge in [-0.25, -0.2) is 13.6 Å². The number of sulfonamides is 1. The zero-order valence-electron chi connectivity index (χ0n) is 8.43. The van der Waals surface area contributed by atoms with Crippen molar-refractivity contribution in [2.75, 3.05) is 0 Å². The van der Waals surface area contributed by atoms with Gasteiger partial charge in [-0.05, 0) is 6.07 Å². The minimum atomic E-state index is -4.21. The van der Waals surface area contributed by atoms with Gasteiger partial charge in [0.1, 0.15) is 4.49 Å². The van der Waals surface area contributed by atoms with Crippen LogP contribution in [0, 0.1) is 10.1 Å². The summed E-state index contributed by atoms with van der Waals surface area (Å²) in [6.45, 7) is 0. The summed E-state index contributed by atoms with van der Waals surface area (Å²) in [5, 5.41) is 15.5. The molecule has 0 atom stereocenters. The van der Waals surface area contributed by atoms with Crippen molar-refractivity contribution in [3.05, 3.63) is 38.4 Å². The highest BCUT2D eigenvalue weighted by Gasteiger charge is 2.23. The largest absolute Gasteiger partial charge is 0.290 e. The van der Waals surface area contributed by atoms with Gasteiger partial charge in [0.15, 0.2) is 4.90 Å². The first kappa shape index (κ1) is 15.2. The van der Waals surface area contributed by atoms with Gasteiger partial charge < -0.3 is 0 Å². The lowest BCUT2D eigenvalue weighted by Gasteiger charge is -2.04. The monoisotopic (exact) mass is 330 g/mol. The average molecular weight is 332 g/mol. The van der Waals surface area contributed by atoms with E-state index in [1.807, 2.05) is 0 Å². The van der Waals surface area contributed by atoms with E-state index in [4.69, 9.17) is 39.9 Å². The molecule has 0 spiro atoms. The highest BCUT2D eigenvalue weighted by molar-refractivity contribution is 7.89. The van der Waals surface area contributed by atoms with Crippen molar-refractivity contribution in [1.82, 2.24) is 0 Å². The molecule has 0 aliphatic rings. The molecule has 0 amide bonds. The minimum Gasteiger partial charge on any atom is -0.258 e. The number of primary sulfonamides is 1. The number of hydrogen-bond acceptors (Lipinski definition) is 4. The molecule has 0 aliphatic heterocycles. The van der Waals surface area contributed by atoms with Crippen molar-refractivity contribution in [2.45, 2.75) is 4.90 Å². The summed E-state index contributed by atoms with van der Waals surface area (Å²) in [5.74, 6) is 0. The van der Waals surface area contributed by atoms with Crippen LogP contribution in [-0.4, -0.2) is 13.3 Å². The molecule has 18 heavy (non-hydrogen) atoms. The van der Waals surface area contributed by atoms with Gasteiger partial charge in [0.05, 0.1) is 9.96 Å². The van der Waals surface area contributed by atoms with Crippen molar-refractivity contribution in [1.29, 1.82) is 0 Å². The summed E-state index contributed by atoms with van der Waals surface area (Å²) in [7, 11) is -4.21. The normalized spacial score (nSPS) is 11.1. The van der Waals surface area contributed by atoms with Gasteiger partial charge >= 0.3 is 0 Å². The smallest absolute Gasteiger partial charge is 0.258 e. The fraction of sp³-hybridized carbons (Fsp3) is 0. The molecule has 0 heterocycles. The van der Waals surface area contributed by atoms with E-state index in [9.17, 15) is 18.5 Å². The van der Waals surface area contributed by atoms with Gasteiger partial charge in [-0.3, -0.25) is 10.1 Å². The topological polar surface area (TPSA) is 103 Å². The molecule has 0 unspecified atom stereocenters. The Morgan fingerprint density at radius 1 is 1.28 bits per heavy atom. The predicted molar refractivity (Wildman–Crippen MR) is 68.9 cm³/mol. The Bertz CT molecular complexity index is 638. The van der Waals surface area contributed by atoms with Crippen LogP contribution in [0.25, 0.3) is 5.03 Å². The van der Waals surface area contributed by atoms with Crippen molar-refractivity contribution in [2.24, 2.45) is 5.14 Å². The maximum Gasteiger partial charge on any atom is 0.290 e. The molecule has 2 N–H and O–H groups in total. The number of nitro benzene ring substituents is 1. The number of hydrogen-bond donors (Lipinski definition) is 1. The third-order valence-corrected chi connectivity index (χ3v) is 3.82. The summed E-state index contributed by atoms with van der Waals surface area (Å²) in [6, 6.07) is 3.09. The van der Waals surface area contributed by atoms with E-state index in [2.05, 4.69) is 0 Å². The Kier molecular flexibility index (Phi) is 4.57. The van der Waals surface area contributed by atoms with Gasteiger partial charge in [-0.1, -0.05) is 40.9 Å². The minimum absolute atomic E-state index is 0.107. The molecular formula is C8H5Cl3N2O4S. The molecule has 0 fully saturated rings. The molecule has 1 rings (SSSR count). The Hall–Kier alpha value is -0.860. The third-order valence-electron chi connectivity index (χ3n) is 1.88. The lowest BCUT2D eigenvalue weighted by molar-refractivity contribution is -0.387. The highest BCUT2D eigenvalue weighted by atomic mass is 35.5. The van der Waals surface area contributed by atoms with Crippen LogP contribution in [-0.2, 0) is 10.0 Å². The molecule has 0 saturated heterocycles. The first-order valence-corrected chi connectivity index (χ1v) is 6.85. The summed E-state index contributed by atoms with van der Waals surface area (Å²) < 4.78 is 22.0. The molecule has 10 heteroatoms. The van der Waals surface area contributed by atoms with E-state index < -0.39 is 25.5 Å². The van der Waals surface area contributed by atoms with Gasteiger partial charge in [0.25, 0.3) is 5.69 Å². The van der Waals surface area contributed by atoms with Crippen LogP contribution in [0.1, 0.15) is 5.56 Å². The summed E-state index contributed by atoms with van der Waals surface area (Å²) >= 11 is 16.5. The maximum absolute atomic E-state index is 11.1. The van der Waals surface area contributed by atoms with E-state index in [1.165, 1.54) is 6.07 Å². The fourth-order valence-corrected chi connectivity index (χ4v) is 2.16. The van der Waals surface area contributed by atoms with E-state index in [-0.39, 0.29) is 15.1 Å². The molecule has 98 valence electrons. The summed E-state index contributed by atoms with van der Waals surface area (Å²) in [6.07, 6.45) is 0. The SMILES string of the molecule is NS(=O)(=O)c1ccc(C(Cl)=C(Cl)Cl)cc1[N+](=O)[O-]. The quantitative estimate of drug-likeness (QED) is 0.679. The van der Waals surface area contributed by atoms with Gasteiger partial charge in [-0.15, -0.1) is 0 Å². The van der Waals surface area contributed by atoms with Crippen molar-refractivity contribution in [3.8, 4) is 0 Å². The molecule has 0 aromatic heterocycles. The number of benzene rings is 1. The second kappa shape index (κ2) is 5.41. The van der Waals surface area contributed by atoms with Crippen LogP contribution in [0.2, 0.25) is 0 Å². The van der Waals surface area contributed by atoms with Crippen LogP contribution in [0.4, 0.5) is 5.69 Å². The molecule has 6 nitrogen and oxygen atoms in total. The first-order chi connectivity index (χ1) is 8.14. The standard InChI is InChI=1S/C8H5Cl3N2O4S/c9-7(8(10)11)4-1-2-6(18(12,16)17)5(3-4)13(14)15/h1-3H,(H2,12,16,17). The average Bonchev–Trinajstić information content (AvgIpc) is 2.25. The summed E-state index contributed by atoms with van der Waals surface area (Å²) in [4.78, 5) is 9.26. The van der Waals surface area contributed by atoms with Crippen LogP contribution in [0.3, 0.4) is 0 Å². The molecule has 0 bridgehead atoms. The van der Waals surface area contributed by atoms with E-state index in [0.717, 1.165) is 12.1 Å². The number of halogens is 3. The lowest BCUT2D eigenvalue weighted by Crippen LogP contribution is -2.14. The molecule has 0 aliphatic carbocycles. The van der Waals surface area contributed by atoms with E-state index in [0.29, 0.717) is 0 Å². The Labute approximate surface area is 117 Å². The van der Waals surface area contributed by atoms with Crippen LogP contribution >= 0.6 is 34.8 Å². The fourth-order valence-electron chi connectivity index (χ4n) is 1.15. The number of nitrogens with zero attached hydrogens (tertiary/aromatic N) is 1. The zero-order chi connectivity index (χ0) is 14.1. The van der Waals surface area contributed by atoms with E-state index >= 15 is 0 Å². The zero-order valence-corrected chi connectivity index (χ0v) is 11.5. The maximum atomic E-state index is 11.1. The Morgan fingerprint density at radius 2 is 1.83 bits per heavy atom. The van der Waals surface area contributed by atoms with Gasteiger partial charge in [0, 0.05) is 11.6 Å². The molecule has 0 radical (unpaired) electrons. The second-order valence-electron chi connectivity index (χ2n) is 3.06. The van der Waals surface area contributed by atoms with Crippen LogP contribution in [0.5, 0.6) is 0 Å². The predicted octanol–water partition coefficient (Wildman–Crippen LogP) is 2.58. The second-order valence-corrected chi connectivity index (χ2v) is 5.92. The third kappa shape index (κ3) is 3.33.